The van der Waals surface area contributed by atoms with Gasteiger partial charge in [0, 0.05) is 12.3 Å². The minimum Gasteiger partial charge on any atom is -0.274 e. The first-order valence-corrected chi connectivity index (χ1v) is 8.83. The van der Waals surface area contributed by atoms with Crippen LogP contribution in [-0.2, 0) is 9.36 Å². The number of carbonyl (C=O) groups is 1. The van der Waals surface area contributed by atoms with Gasteiger partial charge in [-0.25, -0.2) is 5.09 Å². The van der Waals surface area contributed by atoms with Crippen molar-refractivity contribution in [3.05, 3.63) is 0 Å². The third-order valence-corrected chi connectivity index (χ3v) is 8.20. The van der Waals surface area contributed by atoms with Gasteiger partial charge in [-0.05, 0) is 13.5 Å². The van der Waals surface area contributed by atoms with E-state index in [1.807, 2.05) is 13.8 Å². The van der Waals surface area contributed by atoms with Crippen molar-refractivity contribution in [2.24, 2.45) is 0 Å². The zero-order chi connectivity index (χ0) is 12.9. The molecule has 96 valence electrons. The summed E-state index contributed by atoms with van der Waals surface area (Å²) < 4.78 is 13.5. The second kappa shape index (κ2) is 7.12. The molecule has 1 N–H and O–H groups in total. The molecular formula is C8H17Cl2N2O2PS. The Morgan fingerprint density at radius 3 is 2.38 bits per heavy atom. The average molecular weight is 307 g/mol. The molecule has 0 saturated carbocycles. The van der Waals surface area contributed by atoms with E-state index in [9.17, 15) is 9.36 Å². The lowest BCUT2D eigenvalue weighted by atomic mass is 10.4. The van der Waals surface area contributed by atoms with Gasteiger partial charge in [-0.2, -0.15) is 0 Å². The van der Waals surface area contributed by atoms with Crippen LogP contribution >= 0.6 is 41.2 Å². The van der Waals surface area contributed by atoms with Gasteiger partial charge in [0.1, 0.15) is 0 Å². The normalized spacial score (nSPS) is 16.9. The van der Waals surface area contributed by atoms with Crippen molar-refractivity contribution < 1.29 is 9.36 Å². The van der Waals surface area contributed by atoms with Gasteiger partial charge in [0.15, 0.2) is 4.84 Å². The zero-order valence-electron chi connectivity index (χ0n) is 9.74. The second-order valence-corrected chi connectivity index (χ2v) is 9.55. The Morgan fingerprint density at radius 2 is 2.06 bits per heavy atom. The predicted octanol–water partition coefficient (Wildman–Crippen LogP) is 3.11. The summed E-state index contributed by atoms with van der Waals surface area (Å²) in [7, 11) is 2.99. The number of rotatable bonds is 6. The number of nitrogens with zero attached hydrogens (tertiary/aromatic N) is 1. The molecule has 0 aromatic rings. The lowest BCUT2D eigenvalue weighted by Gasteiger charge is -2.29. The minimum absolute atomic E-state index is 0.178. The van der Waals surface area contributed by atoms with Gasteiger partial charge in [0.25, 0.3) is 12.6 Å². The summed E-state index contributed by atoms with van der Waals surface area (Å²) in [6.45, 7) is 0.949. The molecule has 0 radical (unpaired) electrons. The first kappa shape index (κ1) is 16.6. The van der Waals surface area contributed by atoms with Gasteiger partial charge >= 0.3 is 0 Å². The van der Waals surface area contributed by atoms with Crippen LogP contribution in [0.5, 0.6) is 0 Å². The van der Waals surface area contributed by atoms with Gasteiger partial charge in [0.05, 0.1) is 0 Å². The van der Waals surface area contributed by atoms with Crippen molar-refractivity contribution in [3.63, 3.8) is 0 Å². The Labute approximate surface area is 111 Å². The summed E-state index contributed by atoms with van der Waals surface area (Å²) in [6, 6.07) is 0. The first-order valence-electron chi connectivity index (χ1n) is 4.82. The smallest absolute Gasteiger partial charge is 0.274 e. The van der Waals surface area contributed by atoms with E-state index >= 15 is 0 Å². The number of amides is 1. The van der Waals surface area contributed by atoms with Gasteiger partial charge in [-0.1, -0.05) is 48.4 Å². The van der Waals surface area contributed by atoms with E-state index in [2.05, 4.69) is 5.09 Å². The highest BCUT2D eigenvalue weighted by Crippen LogP contribution is 2.59. The lowest BCUT2D eigenvalue weighted by molar-refractivity contribution is -0.123. The maximum atomic E-state index is 12.4. The van der Waals surface area contributed by atoms with E-state index in [0.29, 0.717) is 0 Å². The number of carbonyl (C=O) groups excluding carboxylic acids is 1. The molecule has 0 fully saturated rings. The molecule has 0 heterocycles. The van der Waals surface area contributed by atoms with Crippen LogP contribution in [0.25, 0.3) is 0 Å². The molecule has 4 nitrogen and oxygen atoms in total. The predicted molar refractivity (Wildman–Crippen MR) is 72.3 cm³/mol. The summed E-state index contributed by atoms with van der Waals surface area (Å²) >= 11 is 12.2. The Hall–Kier alpha value is 0.590. The summed E-state index contributed by atoms with van der Waals surface area (Å²) in [5.41, 5.74) is 0. The molecule has 0 bridgehead atoms. The van der Waals surface area contributed by atoms with E-state index in [1.54, 1.807) is 7.05 Å². The largest absolute Gasteiger partial charge is 0.294 e. The highest BCUT2D eigenvalue weighted by atomic mass is 35.5. The maximum Gasteiger partial charge on any atom is 0.294 e. The van der Waals surface area contributed by atoms with Gasteiger partial charge in [0.2, 0.25) is 0 Å². The number of alkyl halides is 2. The van der Waals surface area contributed by atoms with Crippen LogP contribution in [0.1, 0.15) is 20.3 Å². The quantitative estimate of drug-likeness (QED) is 0.605. The highest BCUT2D eigenvalue weighted by molar-refractivity contribution is 8.57. The first-order chi connectivity index (χ1) is 7.28. The molecule has 2 atom stereocenters. The fourth-order valence-electron chi connectivity index (χ4n) is 0.863. The molecule has 0 aliphatic rings. The fraction of sp³-hybridized carbons (Fsp3) is 0.875. The Morgan fingerprint density at radius 1 is 1.56 bits per heavy atom. The Bertz CT molecular complexity index is 291. The second-order valence-electron chi connectivity index (χ2n) is 3.23. The minimum atomic E-state index is -2.99. The van der Waals surface area contributed by atoms with Crippen LogP contribution < -0.4 is 5.09 Å². The van der Waals surface area contributed by atoms with Crippen molar-refractivity contribution in [2.75, 3.05) is 14.1 Å². The zero-order valence-corrected chi connectivity index (χ0v) is 13.0. The van der Waals surface area contributed by atoms with Crippen molar-refractivity contribution in [3.8, 4) is 0 Å². The monoisotopic (exact) mass is 306 g/mol. The van der Waals surface area contributed by atoms with Crippen molar-refractivity contribution in [1.82, 2.24) is 9.76 Å². The van der Waals surface area contributed by atoms with Crippen molar-refractivity contribution >= 4 is 47.1 Å². The SMILES string of the molecule is CCC(C)SP(=O)(NC)N(C)C(=O)C(Cl)Cl. The summed E-state index contributed by atoms with van der Waals surface area (Å²) in [6.07, 6.45) is 0.865. The lowest BCUT2D eigenvalue weighted by Crippen LogP contribution is -2.31. The highest BCUT2D eigenvalue weighted by Gasteiger charge is 2.34. The number of halogens is 2. The Balaban J connectivity index is 4.82. The molecule has 0 spiro atoms. The molecule has 0 aromatic carbocycles. The van der Waals surface area contributed by atoms with E-state index in [1.165, 1.54) is 18.4 Å². The topological polar surface area (TPSA) is 49.4 Å². The summed E-state index contributed by atoms with van der Waals surface area (Å²) in [5, 5.41) is 2.86. The molecule has 0 saturated heterocycles. The van der Waals surface area contributed by atoms with Crippen LogP contribution in [0.2, 0.25) is 0 Å². The summed E-state index contributed by atoms with van der Waals surface area (Å²) in [4.78, 5) is 10.4. The molecule has 0 rings (SSSR count). The van der Waals surface area contributed by atoms with Gasteiger partial charge < -0.3 is 0 Å². The van der Waals surface area contributed by atoms with E-state index < -0.39 is 17.4 Å². The summed E-state index contributed by atoms with van der Waals surface area (Å²) in [5.74, 6) is -0.559. The van der Waals surface area contributed by atoms with Crippen LogP contribution in [0.15, 0.2) is 0 Å². The Kier molecular flexibility index (Phi) is 7.38. The number of hydrogen-bond donors (Lipinski definition) is 1. The molecule has 0 aromatic heterocycles. The van der Waals surface area contributed by atoms with E-state index in [4.69, 9.17) is 23.2 Å². The van der Waals surface area contributed by atoms with Crippen LogP contribution in [0.4, 0.5) is 0 Å². The van der Waals surface area contributed by atoms with Crippen molar-refractivity contribution in [1.29, 1.82) is 0 Å². The van der Waals surface area contributed by atoms with Crippen LogP contribution in [0, 0.1) is 0 Å². The number of hydrogen-bond acceptors (Lipinski definition) is 3. The molecule has 2 unspecified atom stereocenters. The molecule has 0 aliphatic heterocycles. The maximum absolute atomic E-state index is 12.4. The van der Waals surface area contributed by atoms with Crippen LogP contribution in [0.3, 0.4) is 0 Å². The average Bonchev–Trinajstić information content (AvgIpc) is 2.26. The standard InChI is InChI=1S/C8H17Cl2N2O2PS/c1-5-6(2)16-15(14,11-3)12(4)8(13)7(9)10/h6-7H,5H2,1-4H3,(H,11,14). The fourth-order valence-corrected chi connectivity index (χ4v) is 5.74. The molecule has 8 heteroatoms. The number of nitrogens with one attached hydrogen (secondary N) is 1. The molecule has 1 amide bonds. The van der Waals surface area contributed by atoms with Gasteiger partial charge in [-0.15, -0.1) is 0 Å². The van der Waals surface area contributed by atoms with Crippen LogP contribution in [-0.4, -0.2) is 34.8 Å². The van der Waals surface area contributed by atoms with E-state index in [0.717, 1.165) is 11.1 Å². The third-order valence-electron chi connectivity index (χ3n) is 2.08. The van der Waals surface area contributed by atoms with E-state index in [-0.39, 0.29) is 5.25 Å². The molecular weight excluding hydrogens is 290 g/mol. The van der Waals surface area contributed by atoms with Gasteiger partial charge in [-0.3, -0.25) is 14.0 Å². The van der Waals surface area contributed by atoms with Crippen molar-refractivity contribution in [2.45, 2.75) is 30.4 Å². The molecule has 16 heavy (non-hydrogen) atoms. The third kappa shape index (κ3) is 4.46. The molecule has 0 aliphatic carbocycles.